The average molecular weight is 1860 g/mol. The molecule has 2 fully saturated rings. The molecule has 29 N–H and O–H groups in total. The number of hydrogen-bond acceptors (Lipinski definition) is 51. The fourth-order valence-electron chi connectivity index (χ4n) is 14.8. The lowest BCUT2D eigenvalue weighted by Crippen LogP contribution is -2.63. The summed E-state index contributed by atoms with van der Waals surface area (Å²) < 4.78 is 69.1. The Labute approximate surface area is 730 Å². The van der Waals surface area contributed by atoms with Gasteiger partial charge in [-0.25, -0.2) is 47.9 Å². The van der Waals surface area contributed by atoms with Crippen molar-refractivity contribution in [1.29, 1.82) is 0 Å². The summed E-state index contributed by atoms with van der Waals surface area (Å²) in [5.41, 5.74) is -24.1. The van der Waals surface area contributed by atoms with E-state index in [9.17, 15) is 172 Å². The van der Waals surface area contributed by atoms with Gasteiger partial charge in [-0.05, 0) is 78.9 Å². The Kier molecular flexibility index (Phi) is 21.7. The van der Waals surface area contributed by atoms with E-state index in [1.165, 1.54) is 0 Å². The highest BCUT2D eigenvalue weighted by Gasteiger charge is 2.59. The van der Waals surface area contributed by atoms with Crippen LogP contribution in [0.15, 0.2) is 78.9 Å². The van der Waals surface area contributed by atoms with Crippen LogP contribution in [-0.2, 0) is 56.8 Å². The van der Waals surface area contributed by atoms with Crippen molar-refractivity contribution >= 4 is 59.7 Å². The monoisotopic (exact) mass is 1860 g/mol. The molecule has 0 amide bonds. The molecular formula is C82H56O51. The highest BCUT2D eigenvalue weighted by atomic mass is 16.8. The summed E-state index contributed by atoms with van der Waals surface area (Å²) in [5, 5.41) is 321. The standard InChI is InChI=1S/C82H56O51/c83-27-1-16(2-28(84)49(27)96)71(112)128-67-65-39(15-123-75(116)22-9-34(90)53(100)60(107)43(22)45-24(77(118)126-65)11-36(92)55(102)62(45)109)125-82(69(67)130-72(113)17-3-29(85)50(97)30(86)4-17)133-80(121)21-8-33(89)52(99)58(105)41(21)19-7-20-42(59(106)48(19)95)44-23(10-35(91)54(101)61(44)108)76(117)127-66-40(14-122-74(20)115)124-81(132-73(114)18-5-31(87)51(98)32(88)6-18)70-68(66)129-78(119)25-12-37(93)56(103)63(110)46(25)47-26(79(120)131-70)13-38(94)57(104)64(47)111/h1-13,39-40,65-70,81-111H,14-15H2/t39-,40-,65-,66-,67+,68+,69-,70-,81+,82+/m1/s1. The average Bonchev–Trinajstić information content (AvgIpc) is 1.75. The highest BCUT2D eigenvalue weighted by Crippen LogP contribution is 2.60. The second-order valence-corrected chi connectivity index (χ2v) is 29.0. The number of phenolic OH excluding ortho intramolecular Hbond substituents is 29. The minimum Gasteiger partial charge on any atom is -0.504 e. The fraction of sp³-hybridized carbons (Fsp3) is 0.146. The third-order valence-electron chi connectivity index (χ3n) is 21.1. The quantitative estimate of drug-likeness (QED) is 0.0558. The van der Waals surface area contributed by atoms with E-state index in [-0.39, 0.29) is 36.4 Å². The van der Waals surface area contributed by atoms with Crippen LogP contribution < -0.4 is 0 Å². The zero-order valence-electron chi connectivity index (χ0n) is 65.1. The van der Waals surface area contributed by atoms with Crippen LogP contribution in [0.4, 0.5) is 0 Å². The molecule has 0 radical (unpaired) electrons. The maximum absolute atomic E-state index is 15.7. The van der Waals surface area contributed by atoms with Crippen LogP contribution >= 0.6 is 0 Å². The molecule has 0 unspecified atom stereocenters. The molecule has 15 rings (SSSR count). The van der Waals surface area contributed by atoms with Gasteiger partial charge < -0.3 is 205 Å². The van der Waals surface area contributed by atoms with Gasteiger partial charge in [0.1, 0.15) is 25.4 Å². The summed E-state index contributed by atoms with van der Waals surface area (Å²) in [5.74, 6) is -64.7. The molecule has 0 bridgehead atoms. The lowest BCUT2D eigenvalue weighted by atomic mass is 9.87. The largest absolute Gasteiger partial charge is 0.504 e. The number of esters is 10. The first kappa shape index (κ1) is 88.9. The Morgan fingerprint density at radius 2 is 0.481 bits per heavy atom. The van der Waals surface area contributed by atoms with Gasteiger partial charge in [-0.2, -0.15) is 0 Å². The van der Waals surface area contributed by atoms with Crippen molar-refractivity contribution in [3.8, 4) is 211 Å². The topological polar surface area (TPSA) is 868 Å². The number of cyclic esters (lactones) is 2. The Bertz CT molecular complexity index is 6770. The normalized spacial score (nSPS) is 19.7. The third kappa shape index (κ3) is 14.8. The summed E-state index contributed by atoms with van der Waals surface area (Å²) in [4.78, 5) is 150. The first-order valence-corrected chi connectivity index (χ1v) is 37.0. The minimum atomic E-state index is -3.17. The predicted molar refractivity (Wildman–Crippen MR) is 413 cm³/mol. The number of aromatic hydroxyl groups is 29. The van der Waals surface area contributed by atoms with E-state index in [1.54, 1.807) is 0 Å². The predicted octanol–water partition coefficient (Wildman–Crippen LogP) is 3.59. The molecule has 690 valence electrons. The molecule has 133 heavy (non-hydrogen) atoms. The van der Waals surface area contributed by atoms with Crippen molar-refractivity contribution in [2.45, 2.75) is 61.4 Å². The number of phenols is 29. The van der Waals surface area contributed by atoms with Gasteiger partial charge in [-0.15, -0.1) is 0 Å². The van der Waals surface area contributed by atoms with Crippen molar-refractivity contribution in [1.82, 2.24) is 0 Å². The van der Waals surface area contributed by atoms with Crippen molar-refractivity contribution in [2.75, 3.05) is 13.2 Å². The summed E-state index contributed by atoms with van der Waals surface area (Å²) in [6.45, 7) is -3.31. The van der Waals surface area contributed by atoms with Crippen molar-refractivity contribution in [2.24, 2.45) is 0 Å². The third-order valence-corrected chi connectivity index (χ3v) is 21.1. The summed E-state index contributed by atoms with van der Waals surface area (Å²) in [6.07, 6.45) is -28.6. The van der Waals surface area contributed by atoms with Crippen molar-refractivity contribution in [3.63, 3.8) is 0 Å². The molecule has 2 saturated heterocycles. The fourth-order valence-corrected chi connectivity index (χ4v) is 14.8. The van der Waals surface area contributed by atoms with E-state index in [2.05, 4.69) is 0 Å². The molecule has 10 aromatic carbocycles. The number of fused-ring (bicyclic) bond motifs is 13. The molecule has 10 atom stereocenters. The molecular weight excluding hydrogens is 1800 g/mol. The van der Waals surface area contributed by atoms with E-state index >= 15 is 24.0 Å². The van der Waals surface area contributed by atoms with Crippen LogP contribution in [0.2, 0.25) is 0 Å². The molecule has 5 aliphatic heterocycles. The second-order valence-electron chi connectivity index (χ2n) is 29.0. The van der Waals surface area contributed by atoms with E-state index in [0.29, 0.717) is 42.5 Å². The van der Waals surface area contributed by atoms with Gasteiger partial charge in [0, 0.05) is 44.5 Å². The van der Waals surface area contributed by atoms with Crippen LogP contribution in [0.25, 0.3) is 44.5 Å². The van der Waals surface area contributed by atoms with Crippen LogP contribution in [0.1, 0.15) is 104 Å². The van der Waals surface area contributed by atoms with Gasteiger partial charge in [0.15, 0.2) is 157 Å². The minimum absolute atomic E-state index is 0.0842. The van der Waals surface area contributed by atoms with Crippen molar-refractivity contribution < 1.29 is 253 Å². The molecule has 5 aliphatic rings. The Balaban J connectivity index is 0.887. The summed E-state index contributed by atoms with van der Waals surface area (Å²) in [6, 6.07) is 3.85. The maximum Gasteiger partial charge on any atom is 0.341 e. The van der Waals surface area contributed by atoms with Gasteiger partial charge in [0.2, 0.25) is 59.3 Å². The number of hydrogen-bond donors (Lipinski definition) is 29. The summed E-state index contributed by atoms with van der Waals surface area (Å²) in [7, 11) is 0. The molecule has 51 nitrogen and oxygen atoms in total. The zero-order valence-corrected chi connectivity index (χ0v) is 65.1. The Hall–Kier alpha value is -19.0. The zero-order chi connectivity index (χ0) is 96.8. The first-order chi connectivity index (χ1) is 62.6. The van der Waals surface area contributed by atoms with Crippen molar-refractivity contribution in [3.05, 3.63) is 134 Å². The molecule has 0 aromatic heterocycles. The van der Waals surface area contributed by atoms with Crippen LogP contribution in [0.3, 0.4) is 0 Å². The SMILES string of the molecule is O=C(O[C@@H]1O[C@@H]2COC(=O)c3cc(-c4c(C(=O)O[C@@H]5O[C@@H]6COC(=O)c7cc(O)c(O)c(O)c7-c7c(cc(O)c(O)c7O)C(=O)O[C@H]6[C@H](OC(=O)c6cc(O)c(O)c(O)c6)[C@H]5OC(=O)c5cc(O)c(O)c(O)c5)cc(O)c(O)c4O)c(O)c(O)c3-c3c(cc(O)c(O)c3O)C(=O)O[C@H]2[C@@H]2OC(=O)c3cc(O)c(O)c(O)c3-c3c(cc(O)c(O)c3O)C(=O)O[C@@H]12)c1cc(O)c(O)c(O)c1. The lowest BCUT2D eigenvalue weighted by molar-refractivity contribution is -0.282. The van der Waals surface area contributed by atoms with Gasteiger partial charge in [0.05, 0.1) is 55.6 Å². The first-order valence-electron chi connectivity index (χ1n) is 37.0. The second kappa shape index (κ2) is 32.5. The number of rotatable bonds is 9. The van der Waals surface area contributed by atoms with Crippen LogP contribution in [0.5, 0.6) is 167 Å². The molecule has 51 heteroatoms. The smallest absolute Gasteiger partial charge is 0.341 e. The van der Waals surface area contributed by atoms with Crippen LogP contribution in [-0.4, -0.2) is 282 Å². The Morgan fingerprint density at radius 1 is 0.226 bits per heavy atom. The van der Waals surface area contributed by atoms with E-state index in [4.69, 9.17) is 56.8 Å². The molecule has 0 saturated carbocycles. The van der Waals surface area contributed by atoms with Gasteiger partial charge >= 0.3 is 59.7 Å². The van der Waals surface area contributed by atoms with E-state index in [0.717, 1.165) is 0 Å². The molecule has 0 spiro atoms. The lowest BCUT2D eigenvalue weighted by Gasteiger charge is -2.44. The van der Waals surface area contributed by atoms with E-state index < -0.39 is 401 Å². The molecule has 0 aliphatic carbocycles. The highest BCUT2D eigenvalue weighted by molar-refractivity contribution is 6.13. The van der Waals surface area contributed by atoms with Gasteiger partial charge in [0.25, 0.3) is 0 Å². The molecule has 5 heterocycles. The number of benzene rings is 10. The van der Waals surface area contributed by atoms with Crippen LogP contribution in [0, 0.1) is 0 Å². The molecule has 10 aromatic rings. The van der Waals surface area contributed by atoms with Gasteiger partial charge in [-0.1, -0.05) is 0 Å². The van der Waals surface area contributed by atoms with E-state index in [1.807, 2.05) is 0 Å². The number of ether oxygens (including phenoxy) is 12. The number of carbonyl (C=O) groups is 10. The maximum atomic E-state index is 15.7. The van der Waals surface area contributed by atoms with Gasteiger partial charge in [-0.3, -0.25) is 0 Å². The Morgan fingerprint density at radius 3 is 0.842 bits per heavy atom. The number of carbonyl (C=O) groups excluding carboxylic acids is 10. The summed E-state index contributed by atoms with van der Waals surface area (Å²) >= 11 is 0.